The van der Waals surface area contributed by atoms with Crippen molar-refractivity contribution in [3.8, 4) is 5.92 Å². The Hall–Kier alpha value is -0.570. The van der Waals surface area contributed by atoms with Crippen LogP contribution in [0.25, 0.3) is 0 Å². The Labute approximate surface area is 61.4 Å². The van der Waals surface area contributed by atoms with Crippen LogP contribution >= 0.6 is 0 Å². The highest BCUT2D eigenvalue weighted by molar-refractivity contribution is 7.87. The lowest BCUT2D eigenvalue weighted by Gasteiger charge is -2.09. The zero-order chi connectivity index (χ0) is 8.20. The molecule has 0 aromatic carbocycles. The monoisotopic (exact) mass is 161 g/mol. The summed E-state index contributed by atoms with van der Waals surface area (Å²) in [4.78, 5) is 0. The molecule has 0 bridgehead atoms. The maximum absolute atomic E-state index is 10.8. The first-order chi connectivity index (χ1) is 4.50. The maximum Gasteiger partial charge on any atom is 0.279 e. The lowest BCUT2D eigenvalue weighted by molar-refractivity contribution is 0.509. The van der Waals surface area contributed by atoms with E-state index < -0.39 is 10.2 Å². The highest BCUT2D eigenvalue weighted by atomic mass is 32.2. The molecule has 57 valence electrons. The molecule has 0 aliphatic heterocycles. The molecule has 0 aliphatic carbocycles. The Bertz CT molecular complexity index is 225. The van der Waals surface area contributed by atoms with Gasteiger partial charge in [0.25, 0.3) is 10.2 Å². The van der Waals surface area contributed by atoms with Crippen molar-refractivity contribution in [2.75, 3.05) is 20.6 Å². The van der Waals surface area contributed by atoms with E-state index in [9.17, 15) is 8.42 Å². The van der Waals surface area contributed by atoms with Crippen molar-refractivity contribution in [3.63, 3.8) is 0 Å². The van der Waals surface area contributed by atoms with E-state index in [2.05, 4.69) is 4.72 Å². The molecule has 0 atom stereocenters. The van der Waals surface area contributed by atoms with E-state index >= 15 is 0 Å². The van der Waals surface area contributed by atoms with Crippen LogP contribution in [-0.2, 0) is 10.2 Å². The van der Waals surface area contributed by atoms with Crippen LogP contribution in [0.2, 0.25) is 0 Å². The van der Waals surface area contributed by atoms with Crippen LogP contribution < -0.4 is 4.72 Å². The van der Waals surface area contributed by atoms with E-state index in [0.717, 1.165) is 4.31 Å². The molecule has 0 amide bonds. The van der Waals surface area contributed by atoms with E-state index in [-0.39, 0.29) is 6.54 Å². The minimum Gasteiger partial charge on any atom is -0.195 e. The van der Waals surface area contributed by atoms with Gasteiger partial charge in [0.05, 0.1) is 6.54 Å². The van der Waals surface area contributed by atoms with Crippen molar-refractivity contribution < 1.29 is 8.42 Å². The van der Waals surface area contributed by atoms with E-state index in [4.69, 9.17) is 6.42 Å². The van der Waals surface area contributed by atoms with Crippen molar-refractivity contribution in [2.24, 2.45) is 0 Å². The van der Waals surface area contributed by atoms with E-state index in [1.165, 1.54) is 14.1 Å². The highest BCUT2D eigenvalue weighted by Gasteiger charge is 2.09. The fraction of sp³-hybridized carbons (Fsp3) is 0.600. The normalized spacial score (nSPS) is 11.4. The molecule has 0 saturated carbocycles. The van der Waals surface area contributed by atoms with Gasteiger partial charge in [-0.1, -0.05) is 5.92 Å². The molecule has 0 fully saturated rings. The molecule has 10 heavy (non-hydrogen) atoms. The lowest BCUT2D eigenvalue weighted by atomic mass is 10.7. The molecule has 0 saturated heterocycles. The summed E-state index contributed by atoms with van der Waals surface area (Å²) < 4.78 is 24.7. The molecule has 1 N–H and O–H groups in total. The summed E-state index contributed by atoms with van der Waals surface area (Å²) in [6.07, 6.45) is 6.43. The van der Waals surface area contributed by atoms with E-state index in [0.29, 0.717) is 0 Å². The molecule has 4 nitrogen and oxygen atoms in total. The first-order valence-electron chi connectivity index (χ1n) is 2.57. The maximum atomic E-state index is 10.8. The second kappa shape index (κ2) is 3.56. The number of hydrogen-bond donors (Lipinski definition) is 1. The Morgan fingerprint density at radius 2 is 2.10 bits per heavy atom. The molecule has 0 rings (SSSR count). The molecule has 0 aromatic heterocycles. The van der Waals surface area contributed by atoms with E-state index in [1.54, 1.807) is 0 Å². The summed E-state index contributed by atoms with van der Waals surface area (Å²) in [6, 6.07) is 0. The predicted octanol–water partition coefficient (Wildman–Crippen LogP) is -1.03. The molecular weight excluding hydrogens is 152 g/mol. The average Bonchev–Trinajstić information content (AvgIpc) is 1.84. The van der Waals surface area contributed by atoms with Gasteiger partial charge < -0.3 is 0 Å². The quantitative estimate of drug-likeness (QED) is 0.538. The van der Waals surface area contributed by atoms with Crippen LogP contribution in [0.3, 0.4) is 0 Å². The van der Waals surface area contributed by atoms with Crippen LogP contribution in [0.15, 0.2) is 0 Å². The molecule has 0 aromatic rings. The molecule has 0 heterocycles. The zero-order valence-corrected chi connectivity index (χ0v) is 6.70. The Kier molecular flexibility index (Phi) is 3.36. The minimum absolute atomic E-state index is 0.0828. The second-order valence-corrected chi connectivity index (χ2v) is 3.75. The standard InChI is InChI=1S/C5H9N2O2S/c1-4-5-6-10(8,9)7(2)3/h6H,5H2,2-3H3. The number of hydrogen-bond acceptors (Lipinski definition) is 2. The third-order valence-electron chi connectivity index (χ3n) is 0.824. The third-order valence-corrected chi connectivity index (χ3v) is 2.29. The fourth-order valence-corrected chi connectivity index (χ4v) is 0.769. The Balaban J connectivity index is 4.06. The SMILES string of the molecule is [C]#CCNS(=O)(=O)N(C)C. The van der Waals surface area contributed by atoms with Gasteiger partial charge in [0.15, 0.2) is 0 Å². The summed E-state index contributed by atoms with van der Waals surface area (Å²) in [5.74, 6) is 1.91. The van der Waals surface area contributed by atoms with Crippen LogP contribution in [0, 0.1) is 12.3 Å². The summed E-state index contributed by atoms with van der Waals surface area (Å²) >= 11 is 0. The molecule has 1 radical (unpaired) electrons. The van der Waals surface area contributed by atoms with Crippen molar-refractivity contribution in [1.29, 1.82) is 0 Å². The Morgan fingerprint density at radius 1 is 1.60 bits per heavy atom. The fourth-order valence-electron chi connectivity index (χ4n) is 0.256. The number of rotatable bonds is 3. The van der Waals surface area contributed by atoms with Crippen LogP contribution in [-0.4, -0.2) is 33.4 Å². The Morgan fingerprint density at radius 3 is 2.40 bits per heavy atom. The van der Waals surface area contributed by atoms with Gasteiger partial charge in [-0.2, -0.15) is 17.4 Å². The summed E-state index contributed by atoms with van der Waals surface area (Å²) in [5.41, 5.74) is 0. The van der Waals surface area contributed by atoms with E-state index in [1.807, 2.05) is 5.92 Å². The molecular formula is C5H9N2O2S. The highest BCUT2D eigenvalue weighted by Crippen LogP contribution is 1.85. The van der Waals surface area contributed by atoms with Crippen molar-refractivity contribution in [3.05, 3.63) is 6.42 Å². The largest absolute Gasteiger partial charge is 0.279 e. The van der Waals surface area contributed by atoms with Gasteiger partial charge in [-0.05, 0) is 6.42 Å². The predicted molar refractivity (Wildman–Crippen MR) is 37.7 cm³/mol. The van der Waals surface area contributed by atoms with Gasteiger partial charge >= 0.3 is 0 Å². The molecule has 5 heteroatoms. The number of nitrogens with one attached hydrogen (secondary N) is 1. The lowest BCUT2D eigenvalue weighted by Crippen LogP contribution is -2.35. The summed E-state index contributed by atoms with van der Waals surface area (Å²) in [5, 5.41) is 0. The number of nitrogens with zero attached hydrogens (tertiary/aromatic N) is 1. The smallest absolute Gasteiger partial charge is 0.195 e. The van der Waals surface area contributed by atoms with Crippen molar-refractivity contribution in [2.45, 2.75) is 0 Å². The van der Waals surface area contributed by atoms with Crippen LogP contribution in [0.5, 0.6) is 0 Å². The summed E-state index contributed by atoms with van der Waals surface area (Å²) in [7, 11) is -0.541. The average molecular weight is 161 g/mol. The zero-order valence-electron chi connectivity index (χ0n) is 5.88. The van der Waals surface area contributed by atoms with Gasteiger partial charge in [-0.15, -0.1) is 0 Å². The summed E-state index contributed by atoms with van der Waals surface area (Å²) in [6.45, 7) is -0.0828. The minimum atomic E-state index is -3.36. The van der Waals surface area contributed by atoms with Gasteiger partial charge in [0.2, 0.25) is 0 Å². The second-order valence-electron chi connectivity index (χ2n) is 1.79. The van der Waals surface area contributed by atoms with Crippen LogP contribution in [0.1, 0.15) is 0 Å². The molecule has 0 unspecified atom stereocenters. The molecule has 0 aliphatic rings. The topological polar surface area (TPSA) is 49.4 Å². The van der Waals surface area contributed by atoms with Crippen molar-refractivity contribution >= 4 is 10.2 Å². The van der Waals surface area contributed by atoms with Crippen molar-refractivity contribution in [1.82, 2.24) is 9.03 Å². The third kappa shape index (κ3) is 2.82. The first-order valence-corrected chi connectivity index (χ1v) is 4.01. The molecule has 0 spiro atoms. The van der Waals surface area contributed by atoms with Crippen LogP contribution in [0.4, 0.5) is 0 Å². The van der Waals surface area contributed by atoms with Gasteiger partial charge in [0, 0.05) is 14.1 Å². The van der Waals surface area contributed by atoms with Gasteiger partial charge in [-0.25, -0.2) is 0 Å². The van der Waals surface area contributed by atoms with Gasteiger partial charge in [-0.3, -0.25) is 0 Å². The van der Waals surface area contributed by atoms with Gasteiger partial charge in [0.1, 0.15) is 0 Å². The first kappa shape index (κ1) is 9.43.